The molecule has 0 radical (unpaired) electrons. The van der Waals surface area contributed by atoms with Gasteiger partial charge in [0.25, 0.3) is 0 Å². The van der Waals surface area contributed by atoms with Gasteiger partial charge in [0.2, 0.25) is 0 Å². The van der Waals surface area contributed by atoms with Gasteiger partial charge in [-0.15, -0.1) is 0 Å². The Morgan fingerprint density at radius 2 is 2.28 bits per heavy atom. The molecular formula is C14H24N2O2. The maximum atomic E-state index is 10.8. The van der Waals surface area contributed by atoms with Crippen molar-refractivity contribution in [3.8, 4) is 0 Å². The fourth-order valence-corrected chi connectivity index (χ4v) is 1.86. The van der Waals surface area contributed by atoms with Gasteiger partial charge in [0, 0.05) is 18.8 Å². The number of likely N-dealkylation sites (N-methyl/N-ethyl adjacent to an activating group) is 1. The predicted molar refractivity (Wildman–Crippen MR) is 73.4 cm³/mol. The lowest BCUT2D eigenvalue weighted by Gasteiger charge is -2.24. The van der Waals surface area contributed by atoms with Gasteiger partial charge >= 0.3 is 5.97 Å². The number of nitrogens with one attached hydrogen (secondary N) is 1. The molecule has 1 atom stereocenters. The second-order valence-electron chi connectivity index (χ2n) is 4.92. The third-order valence-electron chi connectivity index (χ3n) is 3.34. The lowest BCUT2D eigenvalue weighted by Crippen LogP contribution is -2.32. The molecule has 18 heavy (non-hydrogen) atoms. The fraction of sp³-hybridized carbons (Fsp3) is 0.643. The first-order valence-corrected chi connectivity index (χ1v) is 6.58. The van der Waals surface area contributed by atoms with E-state index in [9.17, 15) is 4.79 Å². The standard InChI is InChI=1S/C14H24N2O2/c1-4-16(8-7-11(2)14(17)18)10-13-6-5-12(3)15-9-13/h5-6,11,15H,4,7-10H2,1-3H3,(H,17,18). The average molecular weight is 252 g/mol. The number of carboxylic acids is 1. The van der Waals surface area contributed by atoms with Crippen LogP contribution in [0.4, 0.5) is 0 Å². The number of dihydropyridines is 1. The van der Waals surface area contributed by atoms with Crippen LogP contribution in [0, 0.1) is 5.92 Å². The van der Waals surface area contributed by atoms with E-state index in [-0.39, 0.29) is 5.92 Å². The Labute approximate surface area is 109 Å². The van der Waals surface area contributed by atoms with Gasteiger partial charge in [-0.2, -0.15) is 0 Å². The number of allylic oxidation sites excluding steroid dienone is 3. The summed E-state index contributed by atoms with van der Waals surface area (Å²) < 4.78 is 0. The summed E-state index contributed by atoms with van der Waals surface area (Å²) in [5.41, 5.74) is 2.55. The van der Waals surface area contributed by atoms with E-state index in [2.05, 4.69) is 36.2 Å². The summed E-state index contributed by atoms with van der Waals surface area (Å²) in [6.07, 6.45) is 4.96. The third kappa shape index (κ3) is 4.92. The molecule has 4 nitrogen and oxygen atoms in total. The Morgan fingerprint density at radius 1 is 1.56 bits per heavy atom. The van der Waals surface area contributed by atoms with Crippen LogP contribution in [0.25, 0.3) is 0 Å². The maximum Gasteiger partial charge on any atom is 0.306 e. The Kier molecular flexibility index (Phi) is 5.92. The van der Waals surface area contributed by atoms with Gasteiger partial charge in [0.15, 0.2) is 0 Å². The molecular weight excluding hydrogens is 228 g/mol. The van der Waals surface area contributed by atoms with Gasteiger partial charge < -0.3 is 10.4 Å². The molecule has 0 saturated heterocycles. The molecule has 1 aliphatic rings. The summed E-state index contributed by atoms with van der Waals surface area (Å²) in [7, 11) is 0. The molecule has 0 aromatic rings. The summed E-state index contributed by atoms with van der Waals surface area (Å²) in [5, 5.41) is 12.2. The lowest BCUT2D eigenvalue weighted by atomic mass is 10.1. The molecule has 0 aromatic carbocycles. The topological polar surface area (TPSA) is 52.6 Å². The number of carboxylic acid groups (broad SMARTS) is 1. The smallest absolute Gasteiger partial charge is 0.306 e. The largest absolute Gasteiger partial charge is 0.481 e. The summed E-state index contributed by atoms with van der Waals surface area (Å²) in [5.74, 6) is -0.970. The minimum atomic E-state index is -0.705. The van der Waals surface area contributed by atoms with E-state index in [1.807, 2.05) is 0 Å². The Morgan fingerprint density at radius 3 is 2.78 bits per heavy atom. The molecule has 0 bridgehead atoms. The van der Waals surface area contributed by atoms with E-state index in [1.165, 1.54) is 11.3 Å². The van der Waals surface area contributed by atoms with Crippen molar-refractivity contribution in [2.45, 2.75) is 27.2 Å². The highest BCUT2D eigenvalue weighted by atomic mass is 16.4. The van der Waals surface area contributed by atoms with Crippen molar-refractivity contribution >= 4 is 5.97 Å². The molecule has 1 aliphatic heterocycles. The van der Waals surface area contributed by atoms with E-state index in [0.29, 0.717) is 6.42 Å². The molecule has 0 amide bonds. The molecule has 1 heterocycles. The second-order valence-corrected chi connectivity index (χ2v) is 4.92. The molecule has 0 spiro atoms. The van der Waals surface area contributed by atoms with Crippen LogP contribution in [0.3, 0.4) is 0 Å². The molecule has 0 saturated carbocycles. The van der Waals surface area contributed by atoms with Crippen LogP contribution >= 0.6 is 0 Å². The average Bonchev–Trinajstić information content (AvgIpc) is 2.36. The normalized spacial score (nSPS) is 16.9. The van der Waals surface area contributed by atoms with Crippen LogP contribution in [0.15, 0.2) is 23.4 Å². The van der Waals surface area contributed by atoms with E-state index < -0.39 is 5.97 Å². The Hall–Kier alpha value is -1.29. The van der Waals surface area contributed by atoms with Crippen LogP contribution in [0.5, 0.6) is 0 Å². The molecule has 0 aromatic heterocycles. The van der Waals surface area contributed by atoms with Crippen molar-refractivity contribution in [1.29, 1.82) is 0 Å². The zero-order valence-corrected chi connectivity index (χ0v) is 11.6. The molecule has 2 N–H and O–H groups in total. The van der Waals surface area contributed by atoms with Crippen molar-refractivity contribution in [3.63, 3.8) is 0 Å². The first kappa shape index (κ1) is 14.8. The van der Waals surface area contributed by atoms with E-state index in [4.69, 9.17) is 5.11 Å². The van der Waals surface area contributed by atoms with Crippen LogP contribution in [-0.4, -0.2) is 42.2 Å². The highest BCUT2D eigenvalue weighted by Crippen LogP contribution is 2.09. The molecule has 1 rings (SSSR count). The molecule has 102 valence electrons. The van der Waals surface area contributed by atoms with Crippen molar-refractivity contribution in [3.05, 3.63) is 23.4 Å². The highest BCUT2D eigenvalue weighted by Gasteiger charge is 2.13. The van der Waals surface area contributed by atoms with Crippen LogP contribution in [0.1, 0.15) is 27.2 Å². The van der Waals surface area contributed by atoms with Crippen LogP contribution < -0.4 is 5.32 Å². The van der Waals surface area contributed by atoms with Gasteiger partial charge in [-0.1, -0.05) is 19.9 Å². The van der Waals surface area contributed by atoms with Gasteiger partial charge in [-0.05, 0) is 38.1 Å². The van der Waals surface area contributed by atoms with Gasteiger partial charge in [0.1, 0.15) is 0 Å². The number of carbonyl (C=O) groups is 1. The molecule has 0 aliphatic carbocycles. The fourth-order valence-electron chi connectivity index (χ4n) is 1.86. The summed E-state index contributed by atoms with van der Waals surface area (Å²) in [6.45, 7) is 9.54. The van der Waals surface area contributed by atoms with Gasteiger partial charge in [-0.25, -0.2) is 0 Å². The minimum Gasteiger partial charge on any atom is -0.481 e. The highest BCUT2D eigenvalue weighted by molar-refractivity contribution is 5.69. The first-order valence-electron chi connectivity index (χ1n) is 6.58. The van der Waals surface area contributed by atoms with E-state index >= 15 is 0 Å². The minimum absolute atomic E-state index is 0.264. The van der Waals surface area contributed by atoms with Gasteiger partial charge in [-0.3, -0.25) is 9.69 Å². The van der Waals surface area contributed by atoms with Gasteiger partial charge in [0.05, 0.1) is 5.92 Å². The second kappa shape index (κ2) is 7.21. The molecule has 1 unspecified atom stereocenters. The lowest BCUT2D eigenvalue weighted by molar-refractivity contribution is -0.141. The molecule has 4 heteroatoms. The summed E-state index contributed by atoms with van der Waals surface area (Å²) >= 11 is 0. The number of rotatable bonds is 7. The third-order valence-corrected chi connectivity index (χ3v) is 3.34. The van der Waals surface area contributed by atoms with E-state index in [0.717, 1.165) is 26.2 Å². The number of aliphatic carboxylic acids is 1. The first-order chi connectivity index (χ1) is 8.52. The summed E-state index contributed by atoms with van der Waals surface area (Å²) in [4.78, 5) is 13.1. The SMILES string of the molecule is CCN(CCC(C)C(=O)O)CC1=CC=C(C)NC1. The zero-order valence-electron chi connectivity index (χ0n) is 11.6. The molecule has 0 fully saturated rings. The zero-order chi connectivity index (χ0) is 13.5. The van der Waals surface area contributed by atoms with Crippen molar-refractivity contribution in [1.82, 2.24) is 10.2 Å². The number of hydrogen-bond acceptors (Lipinski definition) is 3. The van der Waals surface area contributed by atoms with Crippen molar-refractivity contribution < 1.29 is 9.90 Å². The summed E-state index contributed by atoms with van der Waals surface area (Å²) in [6, 6.07) is 0. The van der Waals surface area contributed by atoms with Crippen LogP contribution in [-0.2, 0) is 4.79 Å². The number of nitrogens with zero attached hydrogens (tertiary/aromatic N) is 1. The Bertz CT molecular complexity index is 348. The number of hydrogen-bond donors (Lipinski definition) is 2. The van der Waals surface area contributed by atoms with Crippen molar-refractivity contribution in [2.75, 3.05) is 26.2 Å². The maximum absolute atomic E-state index is 10.8. The predicted octanol–water partition coefficient (Wildman–Crippen LogP) is 1.85. The van der Waals surface area contributed by atoms with Crippen molar-refractivity contribution in [2.24, 2.45) is 5.92 Å². The van der Waals surface area contributed by atoms with Crippen LogP contribution in [0.2, 0.25) is 0 Å². The monoisotopic (exact) mass is 252 g/mol. The quantitative estimate of drug-likeness (QED) is 0.726. The Balaban J connectivity index is 2.40. The van der Waals surface area contributed by atoms with E-state index in [1.54, 1.807) is 6.92 Å².